The predicted octanol–water partition coefficient (Wildman–Crippen LogP) is 3.31. The van der Waals surface area contributed by atoms with E-state index in [4.69, 9.17) is 4.52 Å². The van der Waals surface area contributed by atoms with Gasteiger partial charge in [-0.3, -0.25) is 9.59 Å². The number of anilines is 1. The summed E-state index contributed by atoms with van der Waals surface area (Å²) in [6.45, 7) is 5.05. The summed E-state index contributed by atoms with van der Waals surface area (Å²) in [5, 5.41) is 8.41. The van der Waals surface area contributed by atoms with E-state index in [1.54, 1.807) is 17.9 Å². The highest BCUT2D eigenvalue weighted by Crippen LogP contribution is 2.20. The van der Waals surface area contributed by atoms with Crippen molar-refractivity contribution < 1.29 is 14.1 Å². The zero-order valence-electron chi connectivity index (χ0n) is 17.1. The van der Waals surface area contributed by atoms with E-state index in [0.29, 0.717) is 23.7 Å². The van der Waals surface area contributed by atoms with Gasteiger partial charge >= 0.3 is 0 Å². The van der Waals surface area contributed by atoms with Gasteiger partial charge in [-0.2, -0.15) is 0 Å². The molecule has 1 N–H and O–H groups in total. The smallest absolute Gasteiger partial charge is 0.254 e. The fraction of sp³-hybridized carbons (Fsp3) is 0.348. The van der Waals surface area contributed by atoms with E-state index in [1.807, 2.05) is 42.5 Å². The molecule has 30 heavy (non-hydrogen) atoms. The van der Waals surface area contributed by atoms with Crippen LogP contribution in [0.3, 0.4) is 0 Å². The first-order valence-electron chi connectivity index (χ1n) is 10.3. The lowest BCUT2D eigenvalue weighted by molar-refractivity contribution is -0.117. The van der Waals surface area contributed by atoms with Crippen LogP contribution in [-0.4, -0.2) is 59.5 Å². The van der Waals surface area contributed by atoms with E-state index < -0.39 is 0 Å². The zero-order valence-corrected chi connectivity index (χ0v) is 17.1. The van der Waals surface area contributed by atoms with Crippen LogP contribution in [0.5, 0.6) is 0 Å². The molecule has 1 aliphatic rings. The SMILES string of the molecule is Cc1cc(NC(=O)CN(CCN2CCCC2)C(=O)c2cccc3ccccc23)no1. The van der Waals surface area contributed by atoms with Crippen LogP contribution < -0.4 is 5.32 Å². The van der Waals surface area contributed by atoms with Gasteiger partial charge in [0.05, 0.1) is 0 Å². The number of aryl methyl sites for hydroxylation is 1. The fourth-order valence-corrected chi connectivity index (χ4v) is 3.88. The van der Waals surface area contributed by atoms with Crippen molar-refractivity contribution in [1.29, 1.82) is 0 Å². The molecular weight excluding hydrogens is 380 g/mol. The third-order valence-electron chi connectivity index (χ3n) is 5.42. The number of nitrogens with zero attached hydrogens (tertiary/aromatic N) is 3. The standard InChI is InChI=1S/C23H26N4O3/c1-17-15-21(25-30-17)24-22(28)16-27(14-13-26-11-4-5-12-26)23(29)20-10-6-8-18-7-2-3-9-19(18)20/h2-3,6-10,15H,4-5,11-14,16H2,1H3,(H,24,25,28). The maximum absolute atomic E-state index is 13.4. The van der Waals surface area contributed by atoms with Gasteiger partial charge in [-0.05, 0) is 49.7 Å². The average molecular weight is 406 g/mol. The lowest BCUT2D eigenvalue weighted by Gasteiger charge is -2.25. The number of rotatable bonds is 7. The molecule has 2 amide bonds. The molecule has 2 heterocycles. The maximum Gasteiger partial charge on any atom is 0.254 e. The van der Waals surface area contributed by atoms with Gasteiger partial charge in [-0.1, -0.05) is 41.6 Å². The first-order valence-corrected chi connectivity index (χ1v) is 10.3. The Balaban J connectivity index is 1.53. The van der Waals surface area contributed by atoms with Gasteiger partial charge in [0, 0.05) is 24.7 Å². The summed E-state index contributed by atoms with van der Waals surface area (Å²) in [5.41, 5.74) is 0.611. The molecule has 2 aromatic carbocycles. The van der Waals surface area contributed by atoms with Crippen molar-refractivity contribution >= 4 is 28.4 Å². The zero-order chi connectivity index (χ0) is 20.9. The van der Waals surface area contributed by atoms with Gasteiger partial charge in [0.1, 0.15) is 12.3 Å². The van der Waals surface area contributed by atoms with Crippen LogP contribution in [0.1, 0.15) is 29.0 Å². The molecule has 0 spiro atoms. The quantitative estimate of drug-likeness (QED) is 0.651. The number of hydrogen-bond donors (Lipinski definition) is 1. The Morgan fingerprint density at radius 2 is 1.90 bits per heavy atom. The number of likely N-dealkylation sites (tertiary alicyclic amines) is 1. The van der Waals surface area contributed by atoms with E-state index in [0.717, 1.165) is 30.4 Å². The van der Waals surface area contributed by atoms with Gasteiger partial charge in [-0.25, -0.2) is 0 Å². The molecule has 0 saturated carbocycles. The molecule has 7 heteroatoms. The number of carbonyl (C=O) groups is 2. The van der Waals surface area contributed by atoms with Crippen molar-refractivity contribution in [3.8, 4) is 0 Å². The van der Waals surface area contributed by atoms with Crippen LogP contribution in [0.25, 0.3) is 10.8 Å². The summed E-state index contributed by atoms with van der Waals surface area (Å²) in [6.07, 6.45) is 2.37. The number of carbonyl (C=O) groups excluding carboxylic acids is 2. The van der Waals surface area contributed by atoms with Gasteiger partial charge in [0.2, 0.25) is 5.91 Å². The minimum Gasteiger partial charge on any atom is -0.360 e. The second-order valence-electron chi connectivity index (χ2n) is 7.67. The van der Waals surface area contributed by atoms with Crippen molar-refractivity contribution in [2.45, 2.75) is 19.8 Å². The average Bonchev–Trinajstić information content (AvgIpc) is 3.42. The van der Waals surface area contributed by atoms with Crippen LogP contribution in [0.4, 0.5) is 5.82 Å². The van der Waals surface area contributed by atoms with Crippen LogP contribution in [0.15, 0.2) is 53.1 Å². The van der Waals surface area contributed by atoms with Crippen LogP contribution in [0, 0.1) is 6.92 Å². The molecule has 1 saturated heterocycles. The molecule has 1 aromatic heterocycles. The number of amides is 2. The normalized spacial score (nSPS) is 14.2. The van der Waals surface area contributed by atoms with Gasteiger partial charge in [0.15, 0.2) is 5.82 Å². The minimum absolute atomic E-state index is 0.0399. The Morgan fingerprint density at radius 3 is 2.67 bits per heavy atom. The van der Waals surface area contributed by atoms with Crippen LogP contribution in [0.2, 0.25) is 0 Å². The van der Waals surface area contributed by atoms with E-state index in [9.17, 15) is 9.59 Å². The number of fused-ring (bicyclic) bond motifs is 1. The Morgan fingerprint density at radius 1 is 1.13 bits per heavy atom. The number of benzene rings is 2. The largest absolute Gasteiger partial charge is 0.360 e. The van der Waals surface area contributed by atoms with Crippen LogP contribution in [-0.2, 0) is 4.79 Å². The van der Waals surface area contributed by atoms with E-state index in [2.05, 4.69) is 15.4 Å². The highest BCUT2D eigenvalue weighted by Gasteiger charge is 2.22. The molecule has 0 unspecified atom stereocenters. The Kier molecular flexibility index (Phi) is 6.09. The third-order valence-corrected chi connectivity index (χ3v) is 5.42. The molecule has 3 aromatic rings. The minimum atomic E-state index is -0.293. The van der Waals surface area contributed by atoms with Crippen molar-refractivity contribution in [3.63, 3.8) is 0 Å². The number of hydrogen-bond acceptors (Lipinski definition) is 5. The van der Waals surface area contributed by atoms with E-state index >= 15 is 0 Å². The summed E-state index contributed by atoms with van der Waals surface area (Å²) in [4.78, 5) is 30.0. The van der Waals surface area contributed by atoms with Gasteiger partial charge in [-0.15, -0.1) is 0 Å². The van der Waals surface area contributed by atoms with Crippen molar-refractivity contribution in [1.82, 2.24) is 15.0 Å². The number of aromatic nitrogens is 1. The fourth-order valence-electron chi connectivity index (χ4n) is 3.88. The predicted molar refractivity (Wildman–Crippen MR) is 115 cm³/mol. The van der Waals surface area contributed by atoms with Gasteiger partial charge < -0.3 is 19.6 Å². The molecule has 7 nitrogen and oxygen atoms in total. The summed E-state index contributed by atoms with van der Waals surface area (Å²) in [6, 6.07) is 15.2. The summed E-state index contributed by atoms with van der Waals surface area (Å²) >= 11 is 0. The monoisotopic (exact) mass is 406 g/mol. The Hall–Kier alpha value is -3.19. The van der Waals surface area contributed by atoms with E-state index in [-0.39, 0.29) is 18.4 Å². The molecule has 1 aliphatic heterocycles. The molecule has 156 valence electrons. The highest BCUT2D eigenvalue weighted by molar-refractivity contribution is 6.08. The lowest BCUT2D eigenvalue weighted by atomic mass is 10.0. The first kappa shape index (κ1) is 20.1. The lowest BCUT2D eigenvalue weighted by Crippen LogP contribution is -2.42. The summed E-state index contributed by atoms with van der Waals surface area (Å²) < 4.78 is 5.00. The molecule has 0 atom stereocenters. The highest BCUT2D eigenvalue weighted by atomic mass is 16.5. The molecule has 4 rings (SSSR count). The van der Waals surface area contributed by atoms with Crippen LogP contribution >= 0.6 is 0 Å². The third kappa shape index (κ3) is 4.68. The second-order valence-corrected chi connectivity index (χ2v) is 7.67. The molecule has 0 aliphatic carbocycles. The molecule has 1 fully saturated rings. The first-order chi connectivity index (χ1) is 14.6. The van der Waals surface area contributed by atoms with Crippen molar-refractivity contribution in [2.24, 2.45) is 0 Å². The molecule has 0 bridgehead atoms. The molecular formula is C23H26N4O3. The van der Waals surface area contributed by atoms with Crippen molar-refractivity contribution in [2.75, 3.05) is 38.0 Å². The topological polar surface area (TPSA) is 78.7 Å². The molecule has 0 radical (unpaired) electrons. The number of nitrogens with one attached hydrogen (secondary N) is 1. The summed E-state index contributed by atoms with van der Waals surface area (Å²) in [7, 11) is 0. The van der Waals surface area contributed by atoms with Crippen molar-refractivity contribution in [3.05, 3.63) is 59.9 Å². The van der Waals surface area contributed by atoms with Gasteiger partial charge in [0.25, 0.3) is 5.91 Å². The Labute approximate surface area is 175 Å². The summed E-state index contributed by atoms with van der Waals surface area (Å²) in [5.74, 6) is 0.536. The van der Waals surface area contributed by atoms with E-state index in [1.165, 1.54) is 12.8 Å². The Bertz CT molecular complexity index is 1030. The maximum atomic E-state index is 13.4. The second kappa shape index (κ2) is 9.09.